The number of thioether (sulfide) groups is 1. The van der Waals surface area contributed by atoms with Crippen LogP contribution in [0.25, 0.3) is 10.9 Å². The Labute approximate surface area is 191 Å². The first-order valence-electron chi connectivity index (χ1n) is 9.55. The van der Waals surface area contributed by atoms with Crippen LogP contribution in [0.15, 0.2) is 55.4 Å². The molecule has 0 aliphatic carbocycles. The van der Waals surface area contributed by atoms with Crippen LogP contribution in [0.4, 0.5) is 0 Å². The van der Waals surface area contributed by atoms with E-state index in [4.69, 9.17) is 4.42 Å². The van der Waals surface area contributed by atoms with E-state index >= 15 is 0 Å². The molecule has 3 aromatic rings. The average molecular weight is 526 g/mol. The predicted molar refractivity (Wildman–Crippen MR) is 122 cm³/mol. The number of fused-ring (bicyclic) bond motifs is 1. The molecule has 31 heavy (non-hydrogen) atoms. The summed E-state index contributed by atoms with van der Waals surface area (Å²) in [6.07, 6.45) is 1.98. The Hall–Kier alpha value is -2.11. The quantitative estimate of drug-likeness (QED) is 0.359. The third-order valence-corrected chi connectivity index (χ3v) is 8.45. The molecule has 0 radical (unpaired) electrons. The van der Waals surface area contributed by atoms with Gasteiger partial charge in [-0.2, -0.15) is 0 Å². The summed E-state index contributed by atoms with van der Waals surface area (Å²) in [5, 5.41) is 0.863. The maximum absolute atomic E-state index is 13.2. The number of hydrogen-bond acceptors (Lipinski definition) is 7. The molecule has 1 aromatic carbocycles. The lowest BCUT2D eigenvalue weighted by Crippen LogP contribution is -2.39. The van der Waals surface area contributed by atoms with Gasteiger partial charge < -0.3 is 9.32 Å². The van der Waals surface area contributed by atoms with E-state index in [1.807, 2.05) is 0 Å². The first kappa shape index (κ1) is 22.1. The topological polar surface area (TPSA) is 102 Å². The highest BCUT2D eigenvalue weighted by molar-refractivity contribution is 9.10. The average Bonchev–Trinajstić information content (AvgIpc) is 3.37. The van der Waals surface area contributed by atoms with E-state index in [0.717, 1.165) is 16.2 Å². The number of nitrogens with zero attached hydrogens (tertiary/aromatic N) is 3. The second kappa shape index (κ2) is 8.79. The van der Waals surface area contributed by atoms with Crippen molar-refractivity contribution in [3.63, 3.8) is 0 Å². The van der Waals surface area contributed by atoms with Gasteiger partial charge in [0.05, 0.1) is 41.0 Å². The standard InChI is InChI=1S/C20H20BrN3O5S2/c1-23(14-6-8-31(27,28)12-14)18(25)11-30-20-22-17-5-4-13(21)9-16(17)19(26)24(20)10-15-3-2-7-29-15/h2-5,7,9,14H,6,8,10-12H2,1H3/t14-/m0/s1. The monoisotopic (exact) mass is 525 g/mol. The number of carbonyl (C=O) groups is 1. The van der Waals surface area contributed by atoms with Crippen LogP contribution in [0.3, 0.4) is 0 Å². The second-order valence-electron chi connectivity index (χ2n) is 7.38. The second-order valence-corrected chi connectivity index (χ2v) is 11.5. The maximum atomic E-state index is 13.2. The van der Waals surface area contributed by atoms with E-state index in [0.29, 0.717) is 28.2 Å². The van der Waals surface area contributed by atoms with E-state index in [1.165, 1.54) is 15.7 Å². The Morgan fingerprint density at radius 1 is 1.39 bits per heavy atom. The number of halogens is 1. The van der Waals surface area contributed by atoms with Crippen LogP contribution >= 0.6 is 27.7 Å². The van der Waals surface area contributed by atoms with Crippen LogP contribution < -0.4 is 5.56 Å². The Bertz CT molecular complexity index is 1290. The van der Waals surface area contributed by atoms with Gasteiger partial charge in [-0.15, -0.1) is 0 Å². The van der Waals surface area contributed by atoms with Crippen molar-refractivity contribution >= 4 is 54.3 Å². The smallest absolute Gasteiger partial charge is 0.262 e. The summed E-state index contributed by atoms with van der Waals surface area (Å²) in [5.74, 6) is 0.528. The normalized spacial score (nSPS) is 17.8. The van der Waals surface area contributed by atoms with Gasteiger partial charge in [0.15, 0.2) is 15.0 Å². The van der Waals surface area contributed by atoms with Crippen LogP contribution in [0.2, 0.25) is 0 Å². The number of carbonyl (C=O) groups excluding carboxylic acids is 1. The Morgan fingerprint density at radius 2 is 2.19 bits per heavy atom. The zero-order valence-electron chi connectivity index (χ0n) is 16.7. The minimum atomic E-state index is -3.08. The molecule has 1 saturated heterocycles. The van der Waals surface area contributed by atoms with Gasteiger partial charge in [-0.25, -0.2) is 13.4 Å². The van der Waals surface area contributed by atoms with Crippen molar-refractivity contribution in [3.8, 4) is 0 Å². The molecule has 0 N–H and O–H groups in total. The van der Waals surface area contributed by atoms with Gasteiger partial charge in [0, 0.05) is 17.6 Å². The molecule has 4 rings (SSSR count). The van der Waals surface area contributed by atoms with Crippen LogP contribution in [0, 0.1) is 0 Å². The lowest BCUT2D eigenvalue weighted by Gasteiger charge is -2.23. The van der Waals surface area contributed by atoms with Crippen molar-refractivity contribution in [1.82, 2.24) is 14.5 Å². The van der Waals surface area contributed by atoms with E-state index in [9.17, 15) is 18.0 Å². The van der Waals surface area contributed by atoms with Crippen molar-refractivity contribution in [2.75, 3.05) is 24.3 Å². The van der Waals surface area contributed by atoms with Crippen molar-refractivity contribution in [1.29, 1.82) is 0 Å². The molecule has 2 aromatic heterocycles. The van der Waals surface area contributed by atoms with Gasteiger partial charge in [-0.1, -0.05) is 27.7 Å². The summed E-state index contributed by atoms with van der Waals surface area (Å²) in [6, 6.07) is 8.47. The number of aromatic nitrogens is 2. The predicted octanol–water partition coefficient (Wildman–Crippen LogP) is 2.54. The van der Waals surface area contributed by atoms with Crippen LogP contribution in [-0.2, 0) is 21.2 Å². The van der Waals surface area contributed by atoms with Gasteiger partial charge in [0.1, 0.15) is 5.76 Å². The summed E-state index contributed by atoms with van der Waals surface area (Å²) in [4.78, 5) is 32.0. The zero-order valence-corrected chi connectivity index (χ0v) is 19.9. The molecular formula is C20H20BrN3O5S2. The number of furan rings is 1. The molecule has 1 aliphatic rings. The first-order chi connectivity index (χ1) is 14.7. The minimum Gasteiger partial charge on any atom is -0.467 e. The molecule has 0 bridgehead atoms. The highest BCUT2D eigenvalue weighted by Gasteiger charge is 2.32. The SMILES string of the molecule is CN(C(=O)CSc1nc2ccc(Br)cc2c(=O)n1Cc1ccco1)[C@H]1CCS(=O)(=O)C1. The fraction of sp³-hybridized carbons (Fsp3) is 0.350. The number of benzene rings is 1. The molecular weight excluding hydrogens is 506 g/mol. The molecule has 1 amide bonds. The van der Waals surface area contributed by atoms with Gasteiger partial charge in [0.2, 0.25) is 5.91 Å². The van der Waals surface area contributed by atoms with Crippen molar-refractivity contribution in [3.05, 3.63) is 57.2 Å². The maximum Gasteiger partial charge on any atom is 0.262 e. The van der Waals surface area contributed by atoms with Gasteiger partial charge in [0.25, 0.3) is 5.56 Å². The number of hydrogen-bond donors (Lipinski definition) is 0. The Balaban J connectivity index is 1.60. The summed E-state index contributed by atoms with van der Waals surface area (Å²) < 4.78 is 31.1. The summed E-state index contributed by atoms with van der Waals surface area (Å²) in [7, 11) is -1.46. The summed E-state index contributed by atoms with van der Waals surface area (Å²) >= 11 is 4.54. The van der Waals surface area contributed by atoms with Crippen molar-refractivity contribution in [2.24, 2.45) is 0 Å². The third kappa shape index (κ3) is 4.88. The molecule has 0 spiro atoms. The lowest BCUT2D eigenvalue weighted by molar-refractivity contribution is -0.128. The van der Waals surface area contributed by atoms with Crippen molar-refractivity contribution in [2.45, 2.75) is 24.2 Å². The molecule has 1 fully saturated rings. The number of rotatable bonds is 6. The fourth-order valence-corrected chi connectivity index (χ4v) is 6.55. The molecule has 3 heterocycles. The molecule has 11 heteroatoms. The third-order valence-electron chi connectivity index (χ3n) is 5.25. The zero-order chi connectivity index (χ0) is 22.2. The lowest BCUT2D eigenvalue weighted by atomic mass is 10.2. The van der Waals surface area contributed by atoms with Gasteiger partial charge in [-0.3, -0.25) is 14.2 Å². The first-order valence-corrected chi connectivity index (χ1v) is 13.1. The van der Waals surface area contributed by atoms with E-state index < -0.39 is 9.84 Å². The fourth-order valence-electron chi connectivity index (χ4n) is 3.49. The molecule has 164 valence electrons. The van der Waals surface area contributed by atoms with Crippen LogP contribution in [0.5, 0.6) is 0 Å². The molecule has 1 atom stereocenters. The molecule has 8 nitrogen and oxygen atoms in total. The minimum absolute atomic E-state index is 0.00773. The molecule has 0 saturated carbocycles. The van der Waals surface area contributed by atoms with Gasteiger partial charge >= 0.3 is 0 Å². The van der Waals surface area contributed by atoms with E-state index in [2.05, 4.69) is 20.9 Å². The largest absolute Gasteiger partial charge is 0.467 e. The van der Waals surface area contributed by atoms with Crippen LogP contribution in [0.1, 0.15) is 12.2 Å². The summed E-state index contributed by atoms with van der Waals surface area (Å²) in [5.41, 5.74) is 0.307. The summed E-state index contributed by atoms with van der Waals surface area (Å²) in [6.45, 7) is 0.189. The van der Waals surface area contributed by atoms with Crippen LogP contribution in [-0.4, -0.2) is 59.1 Å². The highest BCUT2D eigenvalue weighted by Crippen LogP contribution is 2.23. The highest BCUT2D eigenvalue weighted by atomic mass is 79.9. The molecule has 1 aliphatic heterocycles. The van der Waals surface area contributed by atoms with Gasteiger partial charge in [-0.05, 0) is 36.8 Å². The van der Waals surface area contributed by atoms with E-state index in [1.54, 1.807) is 37.4 Å². The Morgan fingerprint density at radius 3 is 2.87 bits per heavy atom. The van der Waals surface area contributed by atoms with E-state index in [-0.39, 0.29) is 41.3 Å². The number of amides is 1. The number of sulfone groups is 1. The van der Waals surface area contributed by atoms with Crippen molar-refractivity contribution < 1.29 is 17.6 Å². The Kier molecular flexibility index (Phi) is 6.27. The molecule has 0 unspecified atom stereocenters.